The molecule has 0 saturated carbocycles. The molecule has 1 aromatic carbocycles. The highest BCUT2D eigenvalue weighted by atomic mass is 32.2. The van der Waals surface area contributed by atoms with Crippen molar-refractivity contribution in [3.63, 3.8) is 0 Å². The maximum absolute atomic E-state index is 12.1. The Morgan fingerprint density at radius 2 is 2.26 bits per heavy atom. The first kappa shape index (κ1) is 16.0. The van der Waals surface area contributed by atoms with Crippen molar-refractivity contribution in [3.8, 4) is 0 Å². The number of amides is 1. The van der Waals surface area contributed by atoms with Crippen LogP contribution in [-0.2, 0) is 16.0 Å². The maximum Gasteiger partial charge on any atom is 0.222 e. The molecule has 3 rings (SSSR count). The van der Waals surface area contributed by atoms with Crippen molar-refractivity contribution in [1.82, 2.24) is 9.88 Å². The molecule has 1 atom stereocenters. The fraction of sp³-hybridized carbons (Fsp3) is 0.389. The summed E-state index contributed by atoms with van der Waals surface area (Å²) >= 11 is 1.32. The number of aromatic nitrogens is 1. The third-order valence-electron chi connectivity index (χ3n) is 4.24. The third-order valence-corrected chi connectivity index (χ3v) is 5.28. The Kier molecular flexibility index (Phi) is 4.96. The topological polar surface area (TPSA) is 50.3 Å². The van der Waals surface area contributed by atoms with Gasteiger partial charge in [-0.25, -0.2) is 0 Å². The second-order valence-corrected chi connectivity index (χ2v) is 7.17. The summed E-state index contributed by atoms with van der Waals surface area (Å²) in [6.07, 6.45) is 5.09. The standard InChI is InChI=1S/C18H20N2O2S/c1-13(21)23-12-14-9-18(22)20(11-14)8-6-15-3-2-4-16-10-19-7-5-17(15)16/h2-5,7,10,14H,6,8-9,11-12H2,1H3. The molecule has 0 bridgehead atoms. The summed E-state index contributed by atoms with van der Waals surface area (Å²) in [6, 6.07) is 8.24. The predicted octanol–water partition coefficient (Wildman–Crippen LogP) is 2.91. The molecule has 1 aromatic heterocycles. The van der Waals surface area contributed by atoms with Crippen LogP contribution >= 0.6 is 11.8 Å². The molecule has 1 amide bonds. The molecule has 1 saturated heterocycles. The van der Waals surface area contributed by atoms with E-state index in [0.717, 1.165) is 30.6 Å². The molecule has 1 aliphatic heterocycles. The molecule has 2 aromatic rings. The van der Waals surface area contributed by atoms with Gasteiger partial charge in [-0.15, -0.1) is 0 Å². The first-order chi connectivity index (χ1) is 11.1. The summed E-state index contributed by atoms with van der Waals surface area (Å²) in [6.45, 7) is 3.08. The van der Waals surface area contributed by atoms with Gasteiger partial charge in [-0.1, -0.05) is 30.0 Å². The molecule has 23 heavy (non-hydrogen) atoms. The highest BCUT2D eigenvalue weighted by molar-refractivity contribution is 8.13. The van der Waals surface area contributed by atoms with E-state index in [4.69, 9.17) is 0 Å². The zero-order valence-electron chi connectivity index (χ0n) is 13.2. The Hall–Kier alpha value is -1.88. The quantitative estimate of drug-likeness (QED) is 0.847. The van der Waals surface area contributed by atoms with Crippen LogP contribution in [0, 0.1) is 5.92 Å². The fourth-order valence-corrected chi connectivity index (χ4v) is 3.77. The monoisotopic (exact) mass is 328 g/mol. The van der Waals surface area contributed by atoms with Crippen LogP contribution in [0.25, 0.3) is 10.8 Å². The molecule has 120 valence electrons. The second kappa shape index (κ2) is 7.13. The number of fused-ring (bicyclic) bond motifs is 1. The maximum atomic E-state index is 12.1. The molecule has 0 radical (unpaired) electrons. The number of carbonyl (C=O) groups is 2. The van der Waals surface area contributed by atoms with Crippen molar-refractivity contribution in [2.45, 2.75) is 19.8 Å². The fourth-order valence-electron chi connectivity index (χ4n) is 3.08. The normalized spacial score (nSPS) is 17.9. The Balaban J connectivity index is 1.61. The van der Waals surface area contributed by atoms with Gasteiger partial charge in [0.15, 0.2) is 5.12 Å². The smallest absolute Gasteiger partial charge is 0.222 e. The number of rotatable bonds is 5. The Morgan fingerprint density at radius 1 is 1.39 bits per heavy atom. The van der Waals surface area contributed by atoms with Gasteiger partial charge < -0.3 is 4.90 Å². The predicted molar refractivity (Wildman–Crippen MR) is 93.3 cm³/mol. The SMILES string of the molecule is CC(=O)SCC1CC(=O)N(CCc2cccc3cnccc23)C1. The lowest BCUT2D eigenvalue weighted by atomic mass is 10.0. The summed E-state index contributed by atoms with van der Waals surface area (Å²) in [4.78, 5) is 29.3. The summed E-state index contributed by atoms with van der Waals surface area (Å²) in [5, 5.41) is 2.46. The van der Waals surface area contributed by atoms with Gasteiger partial charge in [-0.2, -0.15) is 0 Å². The third kappa shape index (κ3) is 3.91. The van der Waals surface area contributed by atoms with Crippen LogP contribution in [0.1, 0.15) is 18.9 Å². The summed E-state index contributed by atoms with van der Waals surface area (Å²) < 4.78 is 0. The van der Waals surface area contributed by atoms with E-state index in [9.17, 15) is 9.59 Å². The van der Waals surface area contributed by atoms with Crippen molar-refractivity contribution in [1.29, 1.82) is 0 Å². The number of likely N-dealkylation sites (tertiary alicyclic amines) is 1. The minimum atomic E-state index is 0.125. The van der Waals surface area contributed by atoms with E-state index < -0.39 is 0 Å². The van der Waals surface area contributed by atoms with Crippen molar-refractivity contribution < 1.29 is 9.59 Å². The highest BCUT2D eigenvalue weighted by Gasteiger charge is 2.29. The summed E-state index contributed by atoms with van der Waals surface area (Å²) in [5.74, 6) is 1.26. The van der Waals surface area contributed by atoms with Gasteiger partial charge in [0.2, 0.25) is 5.91 Å². The van der Waals surface area contributed by atoms with Gasteiger partial charge >= 0.3 is 0 Å². The molecular weight excluding hydrogens is 308 g/mol. The van der Waals surface area contributed by atoms with Crippen LogP contribution in [0.5, 0.6) is 0 Å². The van der Waals surface area contributed by atoms with Crippen molar-refractivity contribution in [2.24, 2.45) is 5.92 Å². The van der Waals surface area contributed by atoms with Crippen LogP contribution < -0.4 is 0 Å². The van der Waals surface area contributed by atoms with E-state index in [-0.39, 0.29) is 11.0 Å². The number of thioether (sulfide) groups is 1. The van der Waals surface area contributed by atoms with Crippen LogP contribution in [0.2, 0.25) is 0 Å². The van der Waals surface area contributed by atoms with E-state index in [2.05, 4.69) is 17.1 Å². The van der Waals surface area contributed by atoms with Crippen LogP contribution in [0.4, 0.5) is 0 Å². The zero-order valence-corrected chi connectivity index (χ0v) is 14.0. The minimum absolute atomic E-state index is 0.125. The van der Waals surface area contributed by atoms with Gasteiger partial charge in [0, 0.05) is 50.0 Å². The van der Waals surface area contributed by atoms with Crippen LogP contribution in [-0.4, -0.2) is 39.7 Å². The van der Waals surface area contributed by atoms with Gasteiger partial charge in [0.1, 0.15) is 0 Å². The number of carbonyl (C=O) groups excluding carboxylic acids is 2. The first-order valence-electron chi connectivity index (χ1n) is 7.86. The van der Waals surface area contributed by atoms with Gasteiger partial charge in [-0.05, 0) is 29.4 Å². The average molecular weight is 328 g/mol. The molecule has 2 heterocycles. The molecular formula is C18H20N2O2S. The lowest BCUT2D eigenvalue weighted by Crippen LogP contribution is -2.27. The Labute approximate surface area is 140 Å². The molecule has 0 aliphatic carbocycles. The second-order valence-electron chi connectivity index (χ2n) is 5.98. The number of nitrogens with zero attached hydrogens (tertiary/aromatic N) is 2. The summed E-state index contributed by atoms with van der Waals surface area (Å²) in [7, 11) is 0. The van der Waals surface area contributed by atoms with Crippen molar-refractivity contribution >= 4 is 33.6 Å². The largest absolute Gasteiger partial charge is 0.342 e. The highest BCUT2D eigenvalue weighted by Crippen LogP contribution is 2.24. The van der Waals surface area contributed by atoms with Crippen LogP contribution in [0.3, 0.4) is 0 Å². The van der Waals surface area contributed by atoms with E-state index in [1.807, 2.05) is 29.4 Å². The van der Waals surface area contributed by atoms with Crippen LogP contribution in [0.15, 0.2) is 36.7 Å². The Morgan fingerprint density at radius 3 is 3.09 bits per heavy atom. The summed E-state index contributed by atoms with van der Waals surface area (Å²) in [5.41, 5.74) is 1.25. The van der Waals surface area contributed by atoms with Gasteiger partial charge in [0.25, 0.3) is 0 Å². The van der Waals surface area contributed by atoms with Crippen molar-refractivity contribution in [2.75, 3.05) is 18.8 Å². The molecule has 1 fully saturated rings. The lowest BCUT2D eigenvalue weighted by Gasteiger charge is -2.17. The number of hydrogen-bond donors (Lipinski definition) is 0. The van der Waals surface area contributed by atoms with E-state index in [0.29, 0.717) is 12.3 Å². The minimum Gasteiger partial charge on any atom is -0.342 e. The molecule has 4 nitrogen and oxygen atoms in total. The molecule has 1 unspecified atom stereocenters. The molecule has 0 N–H and O–H groups in total. The Bertz CT molecular complexity index is 727. The number of hydrogen-bond acceptors (Lipinski definition) is 4. The van der Waals surface area contributed by atoms with Gasteiger partial charge in [-0.3, -0.25) is 14.6 Å². The first-order valence-corrected chi connectivity index (χ1v) is 8.85. The average Bonchev–Trinajstić information content (AvgIpc) is 2.91. The number of benzene rings is 1. The van der Waals surface area contributed by atoms with Crippen molar-refractivity contribution in [3.05, 3.63) is 42.2 Å². The molecule has 5 heteroatoms. The number of pyridine rings is 1. The van der Waals surface area contributed by atoms with E-state index >= 15 is 0 Å². The molecule has 1 aliphatic rings. The lowest BCUT2D eigenvalue weighted by molar-refractivity contribution is -0.127. The van der Waals surface area contributed by atoms with E-state index in [1.165, 1.54) is 22.7 Å². The van der Waals surface area contributed by atoms with E-state index in [1.54, 1.807) is 6.92 Å². The zero-order chi connectivity index (χ0) is 16.2. The molecule has 0 spiro atoms. The van der Waals surface area contributed by atoms with Gasteiger partial charge in [0.05, 0.1) is 0 Å².